The molecule has 202 valence electrons. The molecule has 0 atom stereocenters. The fraction of sp³-hybridized carbons (Fsp3) is 0. The lowest BCUT2D eigenvalue weighted by atomic mass is 9.99. The minimum Gasteiger partial charge on any atom is -0.455 e. The molecular formula is C40H25NOS. The van der Waals surface area contributed by atoms with Gasteiger partial charge in [-0.15, -0.1) is 11.3 Å². The summed E-state index contributed by atoms with van der Waals surface area (Å²) in [4.78, 5) is 2.36. The van der Waals surface area contributed by atoms with Crippen LogP contribution in [0, 0.1) is 0 Å². The largest absolute Gasteiger partial charge is 0.455 e. The molecule has 0 amide bonds. The second-order valence-electron chi connectivity index (χ2n) is 10.9. The van der Waals surface area contributed by atoms with Gasteiger partial charge in [-0.2, -0.15) is 0 Å². The van der Waals surface area contributed by atoms with Gasteiger partial charge in [-0.05, 0) is 70.9 Å². The van der Waals surface area contributed by atoms with Gasteiger partial charge < -0.3 is 9.32 Å². The number of benzene rings is 7. The molecule has 0 aliphatic rings. The standard InChI is InChI=1S/C40H25NOS/c1-3-10-26(11-4-1)32-15-9-16-34-39-31-21-19-29(24-27(31)18-22-36(39)42-40(32)34)41(28-12-5-2-6-13-28)30-20-23-38-35(25-30)33-14-7-8-17-37(33)43-38/h1-25H. The molecule has 9 rings (SSSR count). The summed E-state index contributed by atoms with van der Waals surface area (Å²) in [6.07, 6.45) is 0. The van der Waals surface area contributed by atoms with Crippen LogP contribution in [-0.4, -0.2) is 0 Å². The molecule has 0 N–H and O–H groups in total. The number of fused-ring (bicyclic) bond motifs is 8. The lowest BCUT2D eigenvalue weighted by molar-refractivity contribution is 0.670. The Morgan fingerprint density at radius 1 is 0.465 bits per heavy atom. The molecule has 43 heavy (non-hydrogen) atoms. The van der Waals surface area contributed by atoms with Crippen LogP contribution in [0.2, 0.25) is 0 Å². The molecule has 0 aliphatic heterocycles. The maximum atomic E-state index is 6.52. The van der Waals surface area contributed by atoms with Gasteiger partial charge in [0.25, 0.3) is 0 Å². The second-order valence-corrected chi connectivity index (χ2v) is 12.0. The highest BCUT2D eigenvalue weighted by Gasteiger charge is 2.18. The van der Waals surface area contributed by atoms with Crippen molar-refractivity contribution in [2.45, 2.75) is 0 Å². The molecule has 0 aliphatic carbocycles. The lowest BCUT2D eigenvalue weighted by Crippen LogP contribution is -2.09. The van der Waals surface area contributed by atoms with Gasteiger partial charge in [-0.25, -0.2) is 0 Å². The average Bonchev–Trinajstić information content (AvgIpc) is 3.64. The predicted molar refractivity (Wildman–Crippen MR) is 184 cm³/mol. The van der Waals surface area contributed by atoms with Gasteiger partial charge in [0.1, 0.15) is 11.2 Å². The van der Waals surface area contributed by atoms with Crippen LogP contribution < -0.4 is 4.90 Å². The highest BCUT2D eigenvalue weighted by molar-refractivity contribution is 7.25. The quantitative estimate of drug-likeness (QED) is 0.210. The fourth-order valence-corrected chi connectivity index (χ4v) is 7.56. The monoisotopic (exact) mass is 567 g/mol. The molecule has 2 aromatic heterocycles. The van der Waals surface area contributed by atoms with Crippen molar-refractivity contribution < 1.29 is 4.42 Å². The second kappa shape index (κ2) is 9.59. The number of anilines is 3. The van der Waals surface area contributed by atoms with Crippen LogP contribution >= 0.6 is 11.3 Å². The Hall–Kier alpha value is -5.38. The van der Waals surface area contributed by atoms with Crippen molar-refractivity contribution in [3.63, 3.8) is 0 Å². The molecular weight excluding hydrogens is 543 g/mol. The maximum absolute atomic E-state index is 6.52. The fourth-order valence-electron chi connectivity index (χ4n) is 6.48. The van der Waals surface area contributed by atoms with Crippen LogP contribution in [0.15, 0.2) is 156 Å². The lowest BCUT2D eigenvalue weighted by Gasteiger charge is -2.26. The molecule has 3 heteroatoms. The van der Waals surface area contributed by atoms with E-state index in [1.807, 2.05) is 17.4 Å². The highest BCUT2D eigenvalue weighted by Crippen LogP contribution is 2.43. The van der Waals surface area contributed by atoms with Crippen LogP contribution in [0.5, 0.6) is 0 Å². The third-order valence-corrected chi connectivity index (χ3v) is 9.59. The van der Waals surface area contributed by atoms with E-state index in [1.54, 1.807) is 0 Å². The van der Waals surface area contributed by atoms with E-state index in [4.69, 9.17) is 4.42 Å². The molecule has 2 heterocycles. The van der Waals surface area contributed by atoms with Crippen molar-refractivity contribution in [3.05, 3.63) is 152 Å². The molecule has 0 unspecified atom stereocenters. The molecule has 0 saturated heterocycles. The van der Waals surface area contributed by atoms with Gasteiger partial charge >= 0.3 is 0 Å². The zero-order chi connectivity index (χ0) is 28.3. The molecule has 2 nitrogen and oxygen atoms in total. The van der Waals surface area contributed by atoms with Gasteiger partial charge in [0.2, 0.25) is 0 Å². The van der Waals surface area contributed by atoms with E-state index < -0.39 is 0 Å². The molecule has 0 bridgehead atoms. The van der Waals surface area contributed by atoms with Gasteiger partial charge in [0.05, 0.1) is 0 Å². The Balaban J connectivity index is 1.24. The molecule has 9 aromatic rings. The minimum atomic E-state index is 0.910. The van der Waals surface area contributed by atoms with Gasteiger partial charge in [0, 0.05) is 53.6 Å². The number of furan rings is 1. The number of nitrogens with zero attached hydrogens (tertiary/aromatic N) is 1. The van der Waals surface area contributed by atoms with Crippen LogP contribution in [0.25, 0.3) is 64.0 Å². The van der Waals surface area contributed by atoms with E-state index in [2.05, 4.69) is 150 Å². The zero-order valence-corrected chi connectivity index (χ0v) is 24.0. The number of rotatable bonds is 4. The molecule has 0 radical (unpaired) electrons. The van der Waals surface area contributed by atoms with Crippen LogP contribution in [0.1, 0.15) is 0 Å². The SMILES string of the molecule is c1ccc(-c2cccc3c2oc2ccc4cc(N(c5ccccc5)c5ccc6sc7ccccc7c6c5)ccc4c23)cc1. The van der Waals surface area contributed by atoms with Crippen LogP contribution in [-0.2, 0) is 0 Å². The summed E-state index contributed by atoms with van der Waals surface area (Å²) in [6, 6.07) is 54.2. The van der Waals surface area contributed by atoms with E-state index in [9.17, 15) is 0 Å². The van der Waals surface area contributed by atoms with E-state index in [0.29, 0.717) is 0 Å². The average molecular weight is 568 g/mol. The maximum Gasteiger partial charge on any atom is 0.143 e. The Labute approximate surface area is 252 Å². The predicted octanol–water partition coefficient (Wildman–Crippen LogP) is 12.2. The van der Waals surface area contributed by atoms with Gasteiger partial charge in [-0.1, -0.05) is 97.1 Å². The normalized spacial score (nSPS) is 11.7. The summed E-state index contributed by atoms with van der Waals surface area (Å²) in [5.74, 6) is 0. The zero-order valence-electron chi connectivity index (χ0n) is 23.2. The van der Waals surface area contributed by atoms with E-state index in [-0.39, 0.29) is 0 Å². The van der Waals surface area contributed by atoms with Crippen molar-refractivity contribution in [1.82, 2.24) is 0 Å². The van der Waals surface area contributed by atoms with E-state index >= 15 is 0 Å². The first kappa shape index (κ1) is 24.2. The first-order valence-corrected chi connectivity index (χ1v) is 15.3. The van der Waals surface area contributed by atoms with Crippen molar-refractivity contribution in [2.75, 3.05) is 4.90 Å². The van der Waals surface area contributed by atoms with Gasteiger partial charge in [-0.3, -0.25) is 0 Å². The van der Waals surface area contributed by atoms with Gasteiger partial charge in [0.15, 0.2) is 0 Å². The summed E-state index contributed by atoms with van der Waals surface area (Å²) < 4.78 is 9.15. The Bertz CT molecular complexity index is 2460. The third-order valence-electron chi connectivity index (χ3n) is 8.44. The first-order valence-electron chi connectivity index (χ1n) is 14.5. The smallest absolute Gasteiger partial charge is 0.143 e. The number of thiophene rings is 1. The number of para-hydroxylation sites is 2. The summed E-state index contributed by atoms with van der Waals surface area (Å²) in [5, 5.41) is 7.28. The third kappa shape index (κ3) is 3.86. The summed E-state index contributed by atoms with van der Waals surface area (Å²) in [5.41, 5.74) is 7.51. The highest BCUT2D eigenvalue weighted by atomic mass is 32.1. The van der Waals surface area contributed by atoms with E-state index in [1.165, 1.54) is 30.9 Å². The van der Waals surface area contributed by atoms with Crippen LogP contribution in [0.3, 0.4) is 0 Å². The molecule has 0 spiro atoms. The Kier molecular flexibility index (Phi) is 5.40. The summed E-state index contributed by atoms with van der Waals surface area (Å²) in [6.45, 7) is 0. The van der Waals surface area contributed by atoms with Crippen molar-refractivity contribution in [2.24, 2.45) is 0 Å². The van der Waals surface area contributed by atoms with Crippen LogP contribution in [0.4, 0.5) is 17.1 Å². The Morgan fingerprint density at radius 3 is 2.07 bits per heavy atom. The number of hydrogen-bond acceptors (Lipinski definition) is 3. The van der Waals surface area contributed by atoms with Crippen molar-refractivity contribution in [3.8, 4) is 11.1 Å². The summed E-state index contributed by atoms with van der Waals surface area (Å²) >= 11 is 1.85. The Morgan fingerprint density at radius 2 is 1.19 bits per heavy atom. The topological polar surface area (TPSA) is 16.4 Å². The minimum absolute atomic E-state index is 0.910. The van der Waals surface area contributed by atoms with E-state index in [0.717, 1.165) is 50.1 Å². The first-order chi connectivity index (χ1) is 21.3. The molecule has 0 fully saturated rings. The molecule has 0 saturated carbocycles. The summed E-state index contributed by atoms with van der Waals surface area (Å²) in [7, 11) is 0. The van der Waals surface area contributed by atoms with Crippen molar-refractivity contribution in [1.29, 1.82) is 0 Å². The molecule has 7 aromatic carbocycles. The number of hydrogen-bond donors (Lipinski definition) is 0. The van der Waals surface area contributed by atoms with Crippen molar-refractivity contribution >= 4 is 81.3 Å².